The Morgan fingerprint density at radius 1 is 1.00 bits per heavy atom. The molecule has 5 atom stereocenters. The van der Waals surface area contributed by atoms with Crippen LogP contribution in [0.25, 0.3) is 0 Å². The zero-order valence-electron chi connectivity index (χ0n) is 23.6. The Kier molecular flexibility index (Phi) is 12.5. The van der Waals surface area contributed by atoms with Crippen molar-refractivity contribution >= 4 is 35.2 Å². The van der Waals surface area contributed by atoms with Gasteiger partial charge in [-0.15, -0.1) is 11.8 Å². The molecule has 1 fully saturated rings. The lowest BCUT2D eigenvalue weighted by Crippen LogP contribution is -2.33. The van der Waals surface area contributed by atoms with E-state index < -0.39 is 59.8 Å². The van der Waals surface area contributed by atoms with E-state index in [-0.39, 0.29) is 17.9 Å². The van der Waals surface area contributed by atoms with E-state index in [1.807, 2.05) is 0 Å². The molecule has 3 rings (SSSR count). The summed E-state index contributed by atoms with van der Waals surface area (Å²) >= 11 is 1.28. The van der Waals surface area contributed by atoms with Crippen LogP contribution in [0.1, 0.15) is 23.8 Å². The molecule has 44 heavy (non-hydrogen) atoms. The van der Waals surface area contributed by atoms with Crippen LogP contribution in [0.15, 0.2) is 27.9 Å². The van der Waals surface area contributed by atoms with Gasteiger partial charge in [0, 0.05) is 41.6 Å². The molecule has 248 valence electrons. The average molecular weight is 708 g/mol. The third-order valence-electron chi connectivity index (χ3n) is 5.88. The van der Waals surface area contributed by atoms with Crippen LogP contribution in [-0.4, -0.2) is 75.2 Å². The zero-order valence-corrected chi connectivity index (χ0v) is 27.1. The van der Waals surface area contributed by atoms with Gasteiger partial charge in [-0.3, -0.25) is 18.9 Å². The number of benzene rings is 1. The summed E-state index contributed by atoms with van der Waals surface area (Å²) in [5.74, 6) is 1.88. The van der Waals surface area contributed by atoms with E-state index in [1.54, 1.807) is 12.1 Å². The molecule has 0 bridgehead atoms. The van der Waals surface area contributed by atoms with Gasteiger partial charge in [-0.25, -0.2) is 18.5 Å². The second-order valence-electron chi connectivity index (χ2n) is 8.91. The van der Waals surface area contributed by atoms with Crippen molar-refractivity contribution in [3.05, 3.63) is 50.3 Å². The van der Waals surface area contributed by atoms with E-state index in [0.717, 1.165) is 4.57 Å². The summed E-state index contributed by atoms with van der Waals surface area (Å²) in [7, 11) is -12.3. The number of hydrogen-bond acceptors (Lipinski definition) is 14. The van der Waals surface area contributed by atoms with Crippen LogP contribution < -0.4 is 25.5 Å². The van der Waals surface area contributed by atoms with Crippen molar-refractivity contribution in [2.24, 2.45) is 0 Å². The van der Waals surface area contributed by atoms with Gasteiger partial charge >= 0.3 is 29.2 Å². The normalized spacial score (nSPS) is 21.4. The number of aryl methyl sites for hydroxylation is 1. The van der Waals surface area contributed by atoms with E-state index >= 15 is 0 Å². The number of thioether (sulfide) groups is 1. The Balaban J connectivity index is 1.74. The third kappa shape index (κ3) is 10.3. The van der Waals surface area contributed by atoms with Gasteiger partial charge in [0.2, 0.25) is 0 Å². The van der Waals surface area contributed by atoms with Crippen LogP contribution in [0.3, 0.4) is 0 Å². The first-order chi connectivity index (χ1) is 20.5. The minimum atomic E-state index is -5.74. The molecule has 1 saturated heterocycles. The number of aromatic nitrogens is 2. The van der Waals surface area contributed by atoms with Gasteiger partial charge < -0.3 is 43.3 Å². The highest BCUT2D eigenvalue weighted by Gasteiger charge is 2.43. The standard InChI is InChI=1S/C21H31N2O17P3S/c1-12-8-23(21(25)22-20(12)24)19-7-17(18(38-19)9-37-42(29,30)40-43(31,32)39-41(26,27)28)36-11-44-10-14-15(34-3)5-13(33-2)6-16(14)35-4/h5-6,8,17-19H,7,9-11H2,1-4H3,(H,29,30)(H,31,32)(H,22,24,25)(H2,26,27,28)/t17-,18+,19?/m0/s1. The number of ether oxygens (including phenoxy) is 5. The first-order valence-electron chi connectivity index (χ1n) is 12.2. The molecule has 3 unspecified atom stereocenters. The molecular formula is C21H31N2O17P3S. The Hall–Kier alpha value is -2.02. The van der Waals surface area contributed by atoms with Crippen molar-refractivity contribution < 1.29 is 70.1 Å². The number of methoxy groups -OCH3 is 3. The van der Waals surface area contributed by atoms with Gasteiger partial charge in [0.25, 0.3) is 5.56 Å². The number of H-pyrrole nitrogens is 1. The number of nitrogens with zero attached hydrogens (tertiary/aromatic N) is 1. The van der Waals surface area contributed by atoms with Gasteiger partial charge in [0.1, 0.15) is 29.6 Å². The quantitative estimate of drug-likeness (QED) is 0.0945. The van der Waals surface area contributed by atoms with Gasteiger partial charge in [-0.05, 0) is 6.92 Å². The number of hydrogen-bond donors (Lipinski definition) is 5. The maximum absolute atomic E-state index is 12.4. The lowest BCUT2D eigenvalue weighted by Gasteiger charge is -2.21. The van der Waals surface area contributed by atoms with Crippen LogP contribution in [0, 0.1) is 6.92 Å². The molecule has 19 nitrogen and oxygen atoms in total. The number of nitrogens with one attached hydrogen (secondary N) is 1. The molecule has 1 aliphatic rings. The van der Waals surface area contributed by atoms with Crippen LogP contribution in [-0.2, 0) is 42.1 Å². The first-order valence-corrected chi connectivity index (χ1v) is 17.9. The highest BCUT2D eigenvalue weighted by atomic mass is 32.2. The SMILES string of the molecule is COc1cc(OC)c(CSCO[C@H]2CC(n3cc(C)c(=O)[nH]c3=O)O[C@@H]2COP(=O)(O)OP(=O)(O)OP(=O)(O)O)c(OC)c1. The van der Waals surface area contributed by atoms with Crippen molar-refractivity contribution in [3.63, 3.8) is 0 Å². The average Bonchev–Trinajstić information content (AvgIpc) is 3.32. The smallest absolute Gasteiger partial charge is 0.490 e. The molecular weight excluding hydrogens is 677 g/mol. The molecule has 0 radical (unpaired) electrons. The Labute approximate surface area is 253 Å². The molecule has 0 amide bonds. The van der Waals surface area contributed by atoms with E-state index in [2.05, 4.69) is 13.6 Å². The Bertz CT molecular complexity index is 1550. The molecule has 2 aromatic rings. The summed E-state index contributed by atoms with van der Waals surface area (Å²) in [6, 6.07) is 3.36. The fourth-order valence-corrected chi connectivity index (χ4v) is 7.84. The van der Waals surface area contributed by atoms with Crippen molar-refractivity contribution in [2.45, 2.75) is 37.5 Å². The number of phosphoric acid groups is 3. The first kappa shape index (κ1) is 36.4. The molecule has 5 N–H and O–H groups in total. The Morgan fingerprint density at radius 3 is 2.20 bits per heavy atom. The van der Waals surface area contributed by atoms with Crippen LogP contribution in [0.5, 0.6) is 17.2 Å². The predicted molar refractivity (Wildman–Crippen MR) is 152 cm³/mol. The largest absolute Gasteiger partial charge is 0.496 e. The summed E-state index contributed by atoms with van der Waals surface area (Å²) in [6.07, 6.45) is -1.88. The van der Waals surface area contributed by atoms with Crippen LogP contribution in [0.2, 0.25) is 0 Å². The van der Waals surface area contributed by atoms with E-state index in [4.69, 9.17) is 38.0 Å². The highest BCUT2D eigenvalue weighted by molar-refractivity contribution is 7.98. The summed E-state index contributed by atoms with van der Waals surface area (Å²) in [5, 5.41) is 0. The van der Waals surface area contributed by atoms with Gasteiger partial charge in [-0.2, -0.15) is 8.62 Å². The number of aromatic amines is 1. The highest BCUT2D eigenvalue weighted by Crippen LogP contribution is 2.66. The van der Waals surface area contributed by atoms with E-state index in [0.29, 0.717) is 28.6 Å². The van der Waals surface area contributed by atoms with Crippen LogP contribution in [0.4, 0.5) is 0 Å². The maximum atomic E-state index is 12.4. The monoisotopic (exact) mass is 708 g/mol. The topological polar surface area (TPSA) is 261 Å². The summed E-state index contributed by atoms with van der Waals surface area (Å²) < 4.78 is 75.9. The summed E-state index contributed by atoms with van der Waals surface area (Å²) in [5.41, 5.74) is -0.516. The second kappa shape index (κ2) is 15.0. The fraction of sp³-hybridized carbons (Fsp3) is 0.524. The second-order valence-corrected chi connectivity index (χ2v) is 14.3. The Morgan fingerprint density at radius 2 is 1.64 bits per heavy atom. The fourth-order valence-electron chi connectivity index (χ4n) is 3.97. The van der Waals surface area contributed by atoms with Gasteiger partial charge in [-0.1, -0.05) is 0 Å². The third-order valence-corrected chi connectivity index (χ3v) is 10.5. The number of phosphoric ester groups is 1. The zero-order chi connectivity index (χ0) is 32.9. The lowest BCUT2D eigenvalue weighted by molar-refractivity contribution is -0.0544. The molecule has 0 spiro atoms. The molecule has 2 heterocycles. The molecule has 0 saturated carbocycles. The molecule has 1 aromatic carbocycles. The van der Waals surface area contributed by atoms with Crippen molar-refractivity contribution in [1.29, 1.82) is 0 Å². The van der Waals surface area contributed by atoms with Crippen molar-refractivity contribution in [1.82, 2.24) is 9.55 Å². The molecule has 1 aromatic heterocycles. The van der Waals surface area contributed by atoms with Crippen LogP contribution >= 0.6 is 35.2 Å². The molecule has 23 heteroatoms. The summed E-state index contributed by atoms with van der Waals surface area (Å²) in [6.45, 7) is 0.648. The van der Waals surface area contributed by atoms with E-state index in [1.165, 1.54) is 46.2 Å². The van der Waals surface area contributed by atoms with Crippen molar-refractivity contribution in [2.75, 3.05) is 33.9 Å². The summed E-state index contributed by atoms with van der Waals surface area (Å²) in [4.78, 5) is 63.1. The molecule has 0 aliphatic carbocycles. The lowest BCUT2D eigenvalue weighted by atomic mass is 10.2. The number of rotatable bonds is 16. The maximum Gasteiger partial charge on any atom is 0.490 e. The van der Waals surface area contributed by atoms with Gasteiger partial charge in [0.05, 0.1) is 40.0 Å². The predicted octanol–water partition coefficient (Wildman–Crippen LogP) is 1.78. The molecule has 1 aliphatic heterocycles. The van der Waals surface area contributed by atoms with E-state index in [9.17, 15) is 33.1 Å². The van der Waals surface area contributed by atoms with Crippen molar-refractivity contribution in [3.8, 4) is 17.2 Å². The minimum Gasteiger partial charge on any atom is -0.496 e. The minimum absolute atomic E-state index is 0.00838. The van der Waals surface area contributed by atoms with Gasteiger partial charge in [0.15, 0.2) is 0 Å².